The molecule has 0 aromatic heterocycles. The van der Waals surface area contributed by atoms with Crippen molar-refractivity contribution < 1.29 is 23.8 Å². The van der Waals surface area contributed by atoms with E-state index in [1.807, 2.05) is 0 Å². The second kappa shape index (κ2) is 5.46. The number of carbonyl (C=O) groups excluding carboxylic acids is 2. The molecular formula is C11H17NO5. The number of rotatable bonds is 2. The monoisotopic (exact) mass is 243 g/mol. The van der Waals surface area contributed by atoms with Gasteiger partial charge in [0.15, 0.2) is 6.10 Å². The van der Waals surface area contributed by atoms with Crippen LogP contribution < -0.4 is 0 Å². The molecule has 0 N–H and O–H groups in total. The maximum Gasteiger partial charge on any atom is 0.336 e. The van der Waals surface area contributed by atoms with Crippen LogP contribution in [0.4, 0.5) is 0 Å². The molecule has 0 aromatic carbocycles. The average Bonchev–Trinajstić information content (AvgIpc) is 2.91. The predicted octanol–water partition coefficient (Wildman–Crippen LogP) is -0.434. The lowest BCUT2D eigenvalue weighted by Gasteiger charge is -2.32. The fourth-order valence-corrected chi connectivity index (χ4v) is 2.10. The van der Waals surface area contributed by atoms with Crippen molar-refractivity contribution in [3.63, 3.8) is 0 Å². The summed E-state index contributed by atoms with van der Waals surface area (Å²) in [5.41, 5.74) is 0. The Kier molecular flexibility index (Phi) is 3.96. The molecule has 1 amide bonds. The normalized spacial score (nSPS) is 29.1. The molecule has 1 unspecified atom stereocenters. The minimum atomic E-state index is -0.667. The number of nitrogens with zero attached hydrogens (tertiary/aromatic N) is 1. The summed E-state index contributed by atoms with van der Waals surface area (Å²) in [6.07, 6.45) is 0.672. The molecule has 2 heterocycles. The zero-order valence-electron chi connectivity index (χ0n) is 9.89. The lowest BCUT2D eigenvalue weighted by Crippen LogP contribution is -2.51. The molecular weight excluding hydrogens is 226 g/mol. The van der Waals surface area contributed by atoms with Crippen molar-refractivity contribution >= 4 is 11.9 Å². The maximum absolute atomic E-state index is 12.1. The first-order valence-corrected chi connectivity index (χ1v) is 5.82. The second-order valence-corrected chi connectivity index (χ2v) is 4.17. The Bertz CT molecular complexity index is 300. The fraction of sp³-hybridized carbons (Fsp3) is 0.818. The summed E-state index contributed by atoms with van der Waals surface area (Å²) in [4.78, 5) is 25.0. The van der Waals surface area contributed by atoms with E-state index in [1.54, 1.807) is 4.90 Å². The van der Waals surface area contributed by atoms with E-state index in [0.29, 0.717) is 19.8 Å². The van der Waals surface area contributed by atoms with Gasteiger partial charge in [-0.3, -0.25) is 4.79 Å². The van der Waals surface area contributed by atoms with Crippen LogP contribution >= 0.6 is 0 Å². The van der Waals surface area contributed by atoms with E-state index in [4.69, 9.17) is 9.47 Å². The summed E-state index contributed by atoms with van der Waals surface area (Å²) in [6.45, 7) is 1.76. The van der Waals surface area contributed by atoms with E-state index in [2.05, 4.69) is 4.74 Å². The van der Waals surface area contributed by atoms with Gasteiger partial charge in [0.25, 0.3) is 5.91 Å². The van der Waals surface area contributed by atoms with Gasteiger partial charge in [-0.15, -0.1) is 0 Å². The first kappa shape index (κ1) is 12.3. The Labute approximate surface area is 99.8 Å². The van der Waals surface area contributed by atoms with Gasteiger partial charge >= 0.3 is 5.97 Å². The second-order valence-electron chi connectivity index (χ2n) is 4.17. The number of amides is 1. The zero-order valence-corrected chi connectivity index (χ0v) is 9.89. The first-order chi connectivity index (χ1) is 8.22. The van der Waals surface area contributed by atoms with E-state index >= 15 is 0 Å². The molecule has 6 nitrogen and oxygen atoms in total. The molecule has 2 rings (SSSR count). The van der Waals surface area contributed by atoms with Crippen LogP contribution in [-0.2, 0) is 23.8 Å². The summed E-state index contributed by atoms with van der Waals surface area (Å²) >= 11 is 0. The van der Waals surface area contributed by atoms with Crippen LogP contribution in [0.1, 0.15) is 12.8 Å². The predicted molar refractivity (Wildman–Crippen MR) is 57.3 cm³/mol. The summed E-state index contributed by atoms with van der Waals surface area (Å²) < 4.78 is 15.2. The van der Waals surface area contributed by atoms with E-state index in [9.17, 15) is 9.59 Å². The van der Waals surface area contributed by atoms with Crippen LogP contribution in [-0.4, -0.2) is 62.4 Å². The molecule has 0 saturated carbocycles. The molecule has 2 aliphatic rings. The Hall–Kier alpha value is -1.14. The van der Waals surface area contributed by atoms with Crippen molar-refractivity contribution in [2.75, 3.05) is 33.4 Å². The summed E-state index contributed by atoms with van der Waals surface area (Å²) in [7, 11) is 1.31. The SMILES string of the molecule is COC(=O)C1CN(C(=O)[C@@H]2CCCO2)CCO1. The standard InChI is InChI=1S/C11H17NO5/c1-15-11(14)9-7-12(4-6-17-9)10(13)8-3-2-5-16-8/h8-9H,2-7H2,1H3/t8-,9?/m0/s1. The van der Waals surface area contributed by atoms with Crippen molar-refractivity contribution in [3.05, 3.63) is 0 Å². The average molecular weight is 243 g/mol. The van der Waals surface area contributed by atoms with Crippen molar-refractivity contribution in [2.24, 2.45) is 0 Å². The smallest absolute Gasteiger partial charge is 0.336 e. The van der Waals surface area contributed by atoms with Crippen LogP contribution in [0, 0.1) is 0 Å². The van der Waals surface area contributed by atoms with Crippen LogP contribution in [0.25, 0.3) is 0 Å². The van der Waals surface area contributed by atoms with Crippen molar-refractivity contribution in [1.82, 2.24) is 4.90 Å². The summed E-state index contributed by atoms with van der Waals surface area (Å²) in [6, 6.07) is 0. The molecule has 0 radical (unpaired) electrons. The number of carbonyl (C=O) groups is 2. The molecule has 0 bridgehead atoms. The van der Waals surface area contributed by atoms with Gasteiger partial charge in [-0.1, -0.05) is 0 Å². The molecule has 2 fully saturated rings. The molecule has 2 atom stereocenters. The number of ether oxygens (including phenoxy) is 3. The molecule has 96 valence electrons. The molecule has 0 spiro atoms. The maximum atomic E-state index is 12.1. The van der Waals surface area contributed by atoms with Crippen molar-refractivity contribution in [1.29, 1.82) is 0 Å². The third-order valence-corrected chi connectivity index (χ3v) is 3.05. The molecule has 0 aliphatic carbocycles. The van der Waals surface area contributed by atoms with Gasteiger partial charge in [0.05, 0.1) is 20.3 Å². The van der Waals surface area contributed by atoms with Gasteiger partial charge < -0.3 is 19.1 Å². The Balaban J connectivity index is 1.92. The van der Waals surface area contributed by atoms with Gasteiger partial charge in [0.2, 0.25) is 0 Å². The number of esters is 1. The fourth-order valence-electron chi connectivity index (χ4n) is 2.10. The Morgan fingerprint density at radius 2 is 2.00 bits per heavy atom. The zero-order chi connectivity index (χ0) is 12.3. The number of hydrogen-bond acceptors (Lipinski definition) is 5. The van der Waals surface area contributed by atoms with E-state index in [0.717, 1.165) is 12.8 Å². The van der Waals surface area contributed by atoms with Gasteiger partial charge in [0, 0.05) is 13.2 Å². The molecule has 17 heavy (non-hydrogen) atoms. The van der Waals surface area contributed by atoms with E-state index in [-0.39, 0.29) is 18.6 Å². The van der Waals surface area contributed by atoms with Crippen LogP contribution in [0.5, 0.6) is 0 Å². The Morgan fingerprint density at radius 1 is 1.24 bits per heavy atom. The first-order valence-electron chi connectivity index (χ1n) is 5.82. The van der Waals surface area contributed by atoms with Crippen LogP contribution in [0.3, 0.4) is 0 Å². The lowest BCUT2D eigenvalue weighted by molar-refractivity contribution is -0.164. The van der Waals surface area contributed by atoms with Gasteiger partial charge in [-0.25, -0.2) is 4.79 Å². The van der Waals surface area contributed by atoms with Crippen LogP contribution in [0.15, 0.2) is 0 Å². The highest BCUT2D eigenvalue weighted by molar-refractivity contribution is 5.82. The largest absolute Gasteiger partial charge is 0.467 e. The third-order valence-electron chi connectivity index (χ3n) is 3.05. The number of hydrogen-bond donors (Lipinski definition) is 0. The highest BCUT2D eigenvalue weighted by Gasteiger charge is 2.34. The van der Waals surface area contributed by atoms with Gasteiger partial charge in [0.1, 0.15) is 6.10 Å². The van der Waals surface area contributed by atoms with Crippen LogP contribution in [0.2, 0.25) is 0 Å². The minimum absolute atomic E-state index is 0.0419. The third kappa shape index (κ3) is 2.76. The van der Waals surface area contributed by atoms with Gasteiger partial charge in [-0.2, -0.15) is 0 Å². The topological polar surface area (TPSA) is 65.1 Å². The van der Waals surface area contributed by atoms with Crippen molar-refractivity contribution in [2.45, 2.75) is 25.0 Å². The quantitative estimate of drug-likeness (QED) is 0.615. The van der Waals surface area contributed by atoms with Crippen molar-refractivity contribution in [3.8, 4) is 0 Å². The van der Waals surface area contributed by atoms with E-state index < -0.39 is 12.1 Å². The molecule has 2 saturated heterocycles. The van der Waals surface area contributed by atoms with Gasteiger partial charge in [-0.05, 0) is 12.8 Å². The number of methoxy groups -OCH3 is 1. The molecule has 6 heteroatoms. The Morgan fingerprint density at radius 3 is 2.65 bits per heavy atom. The molecule has 2 aliphatic heterocycles. The highest BCUT2D eigenvalue weighted by Crippen LogP contribution is 2.17. The summed E-state index contributed by atoms with van der Waals surface area (Å²) in [5.74, 6) is -0.477. The lowest BCUT2D eigenvalue weighted by atomic mass is 10.2. The van der Waals surface area contributed by atoms with E-state index in [1.165, 1.54) is 7.11 Å². The highest BCUT2D eigenvalue weighted by atomic mass is 16.6. The number of morpholine rings is 1. The summed E-state index contributed by atoms with van der Waals surface area (Å²) in [5, 5.41) is 0. The molecule has 0 aromatic rings. The minimum Gasteiger partial charge on any atom is -0.467 e.